The van der Waals surface area contributed by atoms with Crippen LogP contribution in [0.1, 0.15) is 10.5 Å². The first-order chi connectivity index (χ1) is 12.6. The lowest BCUT2D eigenvalue weighted by atomic mass is 10.2. The number of halogens is 2. The maximum absolute atomic E-state index is 12.5. The number of nitrogens with one attached hydrogen (secondary N) is 1. The molecule has 0 aliphatic heterocycles. The van der Waals surface area contributed by atoms with Crippen molar-refractivity contribution in [1.29, 1.82) is 0 Å². The number of aromatic nitrogens is 3. The van der Waals surface area contributed by atoms with Crippen LogP contribution in [0.4, 0.5) is 14.5 Å². The molecule has 2 aromatic carbocycles. The van der Waals surface area contributed by atoms with Gasteiger partial charge in [-0.25, -0.2) is 0 Å². The molecule has 0 bridgehead atoms. The van der Waals surface area contributed by atoms with Gasteiger partial charge < -0.3 is 14.8 Å². The number of alkyl halides is 2. The summed E-state index contributed by atoms with van der Waals surface area (Å²) in [6, 6.07) is 13.2. The van der Waals surface area contributed by atoms with E-state index < -0.39 is 12.5 Å². The molecule has 0 radical (unpaired) electrons. The highest BCUT2D eigenvalue weighted by Gasteiger charge is 2.15. The summed E-state index contributed by atoms with van der Waals surface area (Å²) in [5.74, 6) is -0.605. The number of ether oxygens (including phenoxy) is 2. The SMILES string of the molecule is COc1ccc(NC(=O)c2cnn(-c3ccccc3)n2)cc1OC(F)F. The van der Waals surface area contributed by atoms with Crippen LogP contribution in [0.5, 0.6) is 11.5 Å². The van der Waals surface area contributed by atoms with Crippen molar-refractivity contribution in [3.05, 3.63) is 60.4 Å². The number of carbonyl (C=O) groups is 1. The Labute approximate surface area is 147 Å². The lowest BCUT2D eigenvalue weighted by Gasteiger charge is -2.11. The van der Waals surface area contributed by atoms with Gasteiger partial charge in [0.15, 0.2) is 17.2 Å². The topological polar surface area (TPSA) is 78.3 Å². The van der Waals surface area contributed by atoms with E-state index in [0.29, 0.717) is 5.69 Å². The molecule has 0 fully saturated rings. The van der Waals surface area contributed by atoms with E-state index in [4.69, 9.17) is 4.74 Å². The van der Waals surface area contributed by atoms with Gasteiger partial charge in [0.2, 0.25) is 0 Å². The van der Waals surface area contributed by atoms with Crippen molar-refractivity contribution in [2.75, 3.05) is 12.4 Å². The molecule has 1 heterocycles. The van der Waals surface area contributed by atoms with E-state index in [1.165, 1.54) is 36.3 Å². The Kier molecular flexibility index (Phi) is 5.07. The summed E-state index contributed by atoms with van der Waals surface area (Å²) in [5.41, 5.74) is 1.02. The van der Waals surface area contributed by atoms with Crippen molar-refractivity contribution in [3.8, 4) is 17.2 Å². The molecule has 0 unspecified atom stereocenters. The zero-order valence-electron chi connectivity index (χ0n) is 13.6. The first-order valence-corrected chi connectivity index (χ1v) is 7.49. The average molecular weight is 360 g/mol. The van der Waals surface area contributed by atoms with Crippen molar-refractivity contribution < 1.29 is 23.0 Å². The Morgan fingerprint density at radius 1 is 1.15 bits per heavy atom. The molecule has 0 atom stereocenters. The van der Waals surface area contributed by atoms with Crippen LogP contribution in [-0.2, 0) is 0 Å². The second-order valence-corrected chi connectivity index (χ2v) is 5.05. The minimum atomic E-state index is -3.01. The van der Waals surface area contributed by atoms with E-state index in [-0.39, 0.29) is 22.9 Å². The Hall–Kier alpha value is -3.49. The molecule has 3 rings (SSSR count). The molecule has 1 amide bonds. The third kappa shape index (κ3) is 3.94. The van der Waals surface area contributed by atoms with E-state index in [1.807, 2.05) is 18.2 Å². The van der Waals surface area contributed by atoms with E-state index in [9.17, 15) is 13.6 Å². The molecular weight excluding hydrogens is 346 g/mol. The molecule has 0 saturated carbocycles. The second-order valence-electron chi connectivity index (χ2n) is 5.05. The summed E-state index contributed by atoms with van der Waals surface area (Å²) in [6.45, 7) is -3.01. The molecule has 1 N–H and O–H groups in total. The fraction of sp³-hybridized carbons (Fsp3) is 0.118. The first-order valence-electron chi connectivity index (χ1n) is 7.49. The van der Waals surface area contributed by atoms with Crippen molar-refractivity contribution in [1.82, 2.24) is 15.0 Å². The number of anilines is 1. The highest BCUT2D eigenvalue weighted by atomic mass is 19.3. The quantitative estimate of drug-likeness (QED) is 0.731. The van der Waals surface area contributed by atoms with Crippen LogP contribution in [0.3, 0.4) is 0 Å². The zero-order chi connectivity index (χ0) is 18.5. The number of hydrogen-bond acceptors (Lipinski definition) is 5. The molecule has 0 saturated heterocycles. The fourth-order valence-corrected chi connectivity index (χ4v) is 2.19. The number of amides is 1. The van der Waals surface area contributed by atoms with Crippen LogP contribution in [0.2, 0.25) is 0 Å². The molecule has 134 valence electrons. The number of rotatable bonds is 6. The smallest absolute Gasteiger partial charge is 0.387 e. The normalized spacial score (nSPS) is 10.6. The Morgan fingerprint density at radius 3 is 2.62 bits per heavy atom. The second kappa shape index (κ2) is 7.60. The molecule has 0 spiro atoms. The molecule has 3 aromatic rings. The lowest BCUT2D eigenvalue weighted by molar-refractivity contribution is -0.0511. The van der Waals surface area contributed by atoms with Gasteiger partial charge in [-0.05, 0) is 24.3 Å². The predicted octanol–water partition coefficient (Wildman–Crippen LogP) is 3.13. The van der Waals surface area contributed by atoms with Crippen LogP contribution in [0, 0.1) is 0 Å². The number of para-hydroxylation sites is 1. The molecule has 1 aromatic heterocycles. The van der Waals surface area contributed by atoms with Gasteiger partial charge in [0.25, 0.3) is 5.91 Å². The largest absolute Gasteiger partial charge is 0.493 e. The van der Waals surface area contributed by atoms with Gasteiger partial charge in [-0.1, -0.05) is 18.2 Å². The standard InChI is InChI=1S/C17H14F2N4O3/c1-25-14-8-7-11(9-15(14)26-17(18)19)21-16(24)13-10-20-23(22-13)12-5-3-2-4-6-12/h2-10,17H,1H3,(H,21,24). The first kappa shape index (κ1) is 17.3. The van der Waals surface area contributed by atoms with E-state index >= 15 is 0 Å². The number of hydrogen-bond donors (Lipinski definition) is 1. The van der Waals surface area contributed by atoms with Crippen molar-refractivity contribution in [2.24, 2.45) is 0 Å². The summed E-state index contributed by atoms with van der Waals surface area (Å²) in [7, 11) is 1.33. The zero-order valence-corrected chi connectivity index (χ0v) is 13.6. The lowest BCUT2D eigenvalue weighted by Crippen LogP contribution is -2.13. The average Bonchev–Trinajstić information content (AvgIpc) is 3.12. The van der Waals surface area contributed by atoms with Crippen LogP contribution < -0.4 is 14.8 Å². The van der Waals surface area contributed by atoms with Gasteiger partial charge in [0.1, 0.15) is 0 Å². The minimum Gasteiger partial charge on any atom is -0.493 e. The van der Waals surface area contributed by atoms with Gasteiger partial charge in [0.05, 0.1) is 19.0 Å². The molecule has 9 heteroatoms. The van der Waals surface area contributed by atoms with Gasteiger partial charge in [0, 0.05) is 11.8 Å². The Balaban J connectivity index is 1.77. The van der Waals surface area contributed by atoms with Crippen LogP contribution in [0.25, 0.3) is 5.69 Å². The van der Waals surface area contributed by atoms with Crippen LogP contribution in [0.15, 0.2) is 54.7 Å². The van der Waals surface area contributed by atoms with Crippen molar-refractivity contribution in [3.63, 3.8) is 0 Å². The minimum absolute atomic E-state index is 0.0704. The van der Waals surface area contributed by atoms with Crippen molar-refractivity contribution in [2.45, 2.75) is 6.61 Å². The van der Waals surface area contributed by atoms with Gasteiger partial charge in [-0.2, -0.15) is 18.7 Å². The third-order valence-corrected chi connectivity index (χ3v) is 3.35. The number of methoxy groups -OCH3 is 1. The number of carbonyl (C=O) groups excluding carboxylic acids is 1. The summed E-state index contributed by atoms with van der Waals surface area (Å²) in [4.78, 5) is 13.6. The fourth-order valence-electron chi connectivity index (χ4n) is 2.19. The van der Waals surface area contributed by atoms with Crippen LogP contribution in [-0.4, -0.2) is 34.6 Å². The molecule has 26 heavy (non-hydrogen) atoms. The molecule has 7 nitrogen and oxygen atoms in total. The van der Waals surface area contributed by atoms with Gasteiger partial charge in [-0.3, -0.25) is 4.79 Å². The van der Waals surface area contributed by atoms with Gasteiger partial charge in [-0.15, -0.1) is 5.10 Å². The predicted molar refractivity (Wildman–Crippen MR) is 88.9 cm³/mol. The monoisotopic (exact) mass is 360 g/mol. The molecule has 0 aliphatic carbocycles. The van der Waals surface area contributed by atoms with E-state index in [1.54, 1.807) is 12.1 Å². The van der Waals surface area contributed by atoms with E-state index in [2.05, 4.69) is 20.3 Å². The summed E-state index contributed by atoms with van der Waals surface area (Å²) in [5, 5.41) is 10.7. The highest BCUT2D eigenvalue weighted by Crippen LogP contribution is 2.31. The molecule has 0 aliphatic rings. The van der Waals surface area contributed by atoms with Crippen LogP contribution >= 0.6 is 0 Å². The molecular formula is C17H14F2N4O3. The van der Waals surface area contributed by atoms with E-state index in [0.717, 1.165) is 0 Å². The maximum atomic E-state index is 12.5. The number of nitrogens with zero attached hydrogens (tertiary/aromatic N) is 3. The summed E-state index contributed by atoms with van der Waals surface area (Å²) in [6.07, 6.45) is 1.31. The van der Waals surface area contributed by atoms with Crippen molar-refractivity contribution >= 4 is 11.6 Å². The Bertz CT molecular complexity index is 900. The maximum Gasteiger partial charge on any atom is 0.387 e. The third-order valence-electron chi connectivity index (χ3n) is 3.35. The van der Waals surface area contributed by atoms with Gasteiger partial charge >= 0.3 is 6.61 Å². The number of benzene rings is 2. The highest BCUT2D eigenvalue weighted by molar-refractivity contribution is 6.02. The summed E-state index contributed by atoms with van der Waals surface area (Å²) >= 11 is 0. The Morgan fingerprint density at radius 2 is 1.92 bits per heavy atom. The summed E-state index contributed by atoms with van der Waals surface area (Å²) < 4.78 is 34.3.